The lowest BCUT2D eigenvalue weighted by molar-refractivity contribution is 0.710. The fourth-order valence-corrected chi connectivity index (χ4v) is 2.10. The lowest BCUT2D eigenvalue weighted by Gasteiger charge is -2.19. The third-order valence-electron chi connectivity index (χ3n) is 3.21. The SMILES string of the molecule is CCNCc1nc(N(C)c2ccc(C)cc2)ccc1Cl. The van der Waals surface area contributed by atoms with Crippen molar-refractivity contribution in [3.05, 3.63) is 52.7 Å². The summed E-state index contributed by atoms with van der Waals surface area (Å²) in [6, 6.07) is 12.2. The van der Waals surface area contributed by atoms with Gasteiger partial charge in [-0.3, -0.25) is 0 Å². The van der Waals surface area contributed by atoms with E-state index in [1.807, 2.05) is 19.2 Å². The van der Waals surface area contributed by atoms with Crippen LogP contribution in [0.2, 0.25) is 5.02 Å². The van der Waals surface area contributed by atoms with E-state index in [1.165, 1.54) is 5.56 Å². The molecule has 0 unspecified atom stereocenters. The number of pyridine rings is 1. The fraction of sp³-hybridized carbons (Fsp3) is 0.312. The number of hydrogen-bond acceptors (Lipinski definition) is 3. The van der Waals surface area contributed by atoms with Crippen LogP contribution in [0.4, 0.5) is 11.5 Å². The maximum atomic E-state index is 6.18. The molecular formula is C16H20ClN3. The van der Waals surface area contributed by atoms with Crippen LogP contribution in [-0.2, 0) is 6.54 Å². The zero-order valence-corrected chi connectivity index (χ0v) is 12.9. The second-order valence-corrected chi connectivity index (χ2v) is 5.18. The van der Waals surface area contributed by atoms with Crippen LogP contribution in [0.3, 0.4) is 0 Å². The first-order chi connectivity index (χ1) is 9.61. The van der Waals surface area contributed by atoms with E-state index in [-0.39, 0.29) is 0 Å². The summed E-state index contributed by atoms with van der Waals surface area (Å²) in [5.74, 6) is 0.895. The summed E-state index contributed by atoms with van der Waals surface area (Å²) in [6.45, 7) is 5.73. The van der Waals surface area contributed by atoms with Gasteiger partial charge in [0, 0.05) is 19.3 Å². The van der Waals surface area contributed by atoms with E-state index in [2.05, 4.69) is 53.3 Å². The van der Waals surface area contributed by atoms with Crippen LogP contribution in [0.5, 0.6) is 0 Å². The lowest BCUT2D eigenvalue weighted by atomic mass is 10.2. The van der Waals surface area contributed by atoms with Crippen LogP contribution in [0.1, 0.15) is 18.2 Å². The number of halogens is 1. The fourth-order valence-electron chi connectivity index (χ4n) is 1.93. The molecule has 0 saturated carbocycles. The van der Waals surface area contributed by atoms with E-state index in [0.29, 0.717) is 11.6 Å². The van der Waals surface area contributed by atoms with Gasteiger partial charge < -0.3 is 10.2 Å². The largest absolute Gasteiger partial charge is 0.329 e. The predicted molar refractivity (Wildman–Crippen MR) is 85.9 cm³/mol. The second kappa shape index (κ2) is 6.73. The van der Waals surface area contributed by atoms with Gasteiger partial charge in [0.05, 0.1) is 10.7 Å². The number of anilines is 2. The Bertz CT molecular complexity index is 566. The summed E-state index contributed by atoms with van der Waals surface area (Å²) in [7, 11) is 2.01. The summed E-state index contributed by atoms with van der Waals surface area (Å²) in [4.78, 5) is 6.70. The number of aryl methyl sites for hydroxylation is 1. The minimum atomic E-state index is 0.685. The first-order valence-corrected chi connectivity index (χ1v) is 7.16. The molecule has 0 fully saturated rings. The molecule has 0 aliphatic carbocycles. The third-order valence-corrected chi connectivity index (χ3v) is 3.56. The molecule has 20 heavy (non-hydrogen) atoms. The van der Waals surface area contributed by atoms with Crippen molar-refractivity contribution in [3.8, 4) is 0 Å². The van der Waals surface area contributed by atoms with Crippen molar-refractivity contribution < 1.29 is 0 Å². The Balaban J connectivity index is 2.25. The Labute approximate surface area is 125 Å². The van der Waals surface area contributed by atoms with Gasteiger partial charge in [-0.1, -0.05) is 36.2 Å². The van der Waals surface area contributed by atoms with Crippen molar-refractivity contribution >= 4 is 23.1 Å². The highest BCUT2D eigenvalue weighted by atomic mass is 35.5. The molecule has 0 aliphatic heterocycles. The van der Waals surface area contributed by atoms with Crippen molar-refractivity contribution in [3.63, 3.8) is 0 Å². The van der Waals surface area contributed by atoms with Gasteiger partial charge in [0.25, 0.3) is 0 Å². The average molecular weight is 290 g/mol. The molecule has 1 aromatic heterocycles. The van der Waals surface area contributed by atoms with E-state index in [0.717, 1.165) is 23.7 Å². The van der Waals surface area contributed by atoms with E-state index in [9.17, 15) is 0 Å². The number of aromatic nitrogens is 1. The summed E-state index contributed by atoms with van der Waals surface area (Å²) >= 11 is 6.18. The predicted octanol–water partition coefficient (Wildman–Crippen LogP) is 3.92. The number of hydrogen-bond donors (Lipinski definition) is 1. The summed E-state index contributed by atoms with van der Waals surface area (Å²) < 4.78 is 0. The van der Waals surface area contributed by atoms with Gasteiger partial charge in [0.15, 0.2) is 0 Å². The highest BCUT2D eigenvalue weighted by Crippen LogP contribution is 2.24. The van der Waals surface area contributed by atoms with Gasteiger partial charge in [-0.25, -0.2) is 4.98 Å². The molecule has 4 heteroatoms. The molecule has 0 bridgehead atoms. The topological polar surface area (TPSA) is 28.2 Å². The van der Waals surface area contributed by atoms with E-state index < -0.39 is 0 Å². The maximum absolute atomic E-state index is 6.18. The van der Waals surface area contributed by atoms with Crippen LogP contribution in [-0.4, -0.2) is 18.6 Å². The molecule has 1 N–H and O–H groups in total. The van der Waals surface area contributed by atoms with Crippen LogP contribution in [0.15, 0.2) is 36.4 Å². The number of benzene rings is 1. The molecule has 0 aliphatic rings. The molecular weight excluding hydrogens is 270 g/mol. The van der Waals surface area contributed by atoms with Crippen LogP contribution >= 0.6 is 11.6 Å². The first-order valence-electron chi connectivity index (χ1n) is 6.78. The third kappa shape index (κ3) is 3.50. The zero-order valence-electron chi connectivity index (χ0n) is 12.2. The van der Waals surface area contributed by atoms with E-state index in [4.69, 9.17) is 11.6 Å². The van der Waals surface area contributed by atoms with Gasteiger partial charge in [0.1, 0.15) is 5.82 Å². The first kappa shape index (κ1) is 14.8. The Morgan fingerprint density at radius 2 is 1.85 bits per heavy atom. The van der Waals surface area contributed by atoms with Crippen molar-refractivity contribution in [2.24, 2.45) is 0 Å². The summed E-state index contributed by atoms with van der Waals surface area (Å²) in [5.41, 5.74) is 3.24. The van der Waals surface area contributed by atoms with E-state index in [1.54, 1.807) is 0 Å². The molecule has 1 aromatic carbocycles. The van der Waals surface area contributed by atoms with E-state index >= 15 is 0 Å². The normalized spacial score (nSPS) is 10.6. The van der Waals surface area contributed by atoms with Crippen molar-refractivity contribution in [1.29, 1.82) is 0 Å². The summed E-state index contributed by atoms with van der Waals surface area (Å²) in [5, 5.41) is 3.95. The molecule has 2 aromatic rings. The quantitative estimate of drug-likeness (QED) is 0.904. The number of nitrogens with one attached hydrogen (secondary N) is 1. The standard InChI is InChI=1S/C16H20ClN3/c1-4-18-11-15-14(17)9-10-16(19-15)20(3)13-7-5-12(2)6-8-13/h5-10,18H,4,11H2,1-3H3. The van der Waals surface area contributed by atoms with Gasteiger partial charge >= 0.3 is 0 Å². The summed E-state index contributed by atoms with van der Waals surface area (Å²) in [6.07, 6.45) is 0. The Kier molecular flexibility index (Phi) is 4.99. The van der Waals surface area contributed by atoms with Crippen molar-refractivity contribution in [2.75, 3.05) is 18.5 Å². The Morgan fingerprint density at radius 1 is 1.15 bits per heavy atom. The minimum Gasteiger partial charge on any atom is -0.329 e. The molecule has 3 nitrogen and oxygen atoms in total. The van der Waals surface area contributed by atoms with Gasteiger partial charge in [-0.15, -0.1) is 0 Å². The van der Waals surface area contributed by atoms with Crippen LogP contribution < -0.4 is 10.2 Å². The number of nitrogens with zero attached hydrogens (tertiary/aromatic N) is 2. The minimum absolute atomic E-state index is 0.685. The average Bonchev–Trinajstić information content (AvgIpc) is 2.46. The lowest BCUT2D eigenvalue weighted by Crippen LogP contribution is -2.16. The molecule has 0 atom stereocenters. The van der Waals surface area contributed by atoms with Gasteiger partial charge in [0.2, 0.25) is 0 Å². The molecule has 0 saturated heterocycles. The molecule has 106 valence electrons. The molecule has 0 radical (unpaired) electrons. The van der Waals surface area contributed by atoms with Gasteiger partial charge in [-0.05, 0) is 37.7 Å². The molecule has 1 heterocycles. The Morgan fingerprint density at radius 3 is 2.50 bits per heavy atom. The zero-order chi connectivity index (χ0) is 14.5. The second-order valence-electron chi connectivity index (χ2n) is 4.77. The highest BCUT2D eigenvalue weighted by molar-refractivity contribution is 6.31. The monoisotopic (exact) mass is 289 g/mol. The molecule has 0 spiro atoms. The van der Waals surface area contributed by atoms with Gasteiger partial charge in [-0.2, -0.15) is 0 Å². The van der Waals surface area contributed by atoms with Crippen LogP contribution in [0.25, 0.3) is 0 Å². The number of rotatable bonds is 5. The van der Waals surface area contributed by atoms with Crippen LogP contribution in [0, 0.1) is 6.92 Å². The molecule has 0 amide bonds. The smallest absolute Gasteiger partial charge is 0.133 e. The van der Waals surface area contributed by atoms with Crippen molar-refractivity contribution in [2.45, 2.75) is 20.4 Å². The molecule has 2 rings (SSSR count). The Hall–Kier alpha value is -1.58. The maximum Gasteiger partial charge on any atom is 0.133 e. The van der Waals surface area contributed by atoms with Crippen molar-refractivity contribution in [1.82, 2.24) is 10.3 Å². The highest BCUT2D eigenvalue weighted by Gasteiger charge is 2.08.